The SMILES string of the molecule is CCOC(=O)[C@H]1CCCN(C(=O)c2c3c(cn(-c4ccc(C)cc4)c2=O)C(=O)CC(C)(C)C3)C1. The number of pyridine rings is 1. The van der Waals surface area contributed by atoms with Crippen molar-refractivity contribution < 1.29 is 19.1 Å². The lowest BCUT2D eigenvalue weighted by Crippen LogP contribution is -2.46. The Hall–Kier alpha value is -3.22. The molecule has 180 valence electrons. The third kappa shape index (κ3) is 4.56. The predicted molar refractivity (Wildman–Crippen MR) is 128 cm³/mol. The van der Waals surface area contributed by atoms with Crippen LogP contribution in [0.1, 0.15) is 71.9 Å². The largest absolute Gasteiger partial charge is 0.466 e. The molecule has 7 heteroatoms. The van der Waals surface area contributed by atoms with Gasteiger partial charge in [-0.1, -0.05) is 31.5 Å². The smallest absolute Gasteiger partial charge is 0.310 e. The number of amides is 1. The van der Waals surface area contributed by atoms with Gasteiger partial charge in [0.05, 0.1) is 12.5 Å². The third-order valence-corrected chi connectivity index (χ3v) is 6.77. The lowest BCUT2D eigenvalue weighted by molar-refractivity contribution is -0.149. The summed E-state index contributed by atoms with van der Waals surface area (Å²) in [5, 5.41) is 0. The number of hydrogen-bond donors (Lipinski definition) is 0. The normalized spacial score (nSPS) is 19.5. The van der Waals surface area contributed by atoms with Crippen molar-refractivity contribution >= 4 is 17.7 Å². The van der Waals surface area contributed by atoms with Crippen molar-refractivity contribution in [2.45, 2.75) is 53.4 Å². The number of esters is 1. The van der Waals surface area contributed by atoms with Crippen LogP contribution in [0.2, 0.25) is 0 Å². The van der Waals surface area contributed by atoms with E-state index in [1.165, 1.54) is 4.57 Å². The van der Waals surface area contributed by atoms with Gasteiger partial charge in [-0.15, -0.1) is 0 Å². The summed E-state index contributed by atoms with van der Waals surface area (Å²) in [5.41, 5.74) is 1.87. The van der Waals surface area contributed by atoms with Crippen molar-refractivity contribution in [2.75, 3.05) is 19.7 Å². The Morgan fingerprint density at radius 2 is 1.82 bits per heavy atom. The summed E-state index contributed by atoms with van der Waals surface area (Å²) in [7, 11) is 0. The quantitative estimate of drug-likeness (QED) is 0.644. The molecule has 4 rings (SSSR count). The molecule has 1 aromatic carbocycles. The average molecular weight is 465 g/mol. The number of aryl methyl sites for hydroxylation is 1. The Labute approximate surface area is 199 Å². The molecule has 0 unspecified atom stereocenters. The number of rotatable bonds is 4. The van der Waals surface area contributed by atoms with Crippen LogP contribution in [0.3, 0.4) is 0 Å². The topological polar surface area (TPSA) is 85.7 Å². The molecule has 0 radical (unpaired) electrons. The van der Waals surface area contributed by atoms with E-state index in [2.05, 4.69) is 0 Å². The highest BCUT2D eigenvalue weighted by Gasteiger charge is 2.38. The second kappa shape index (κ2) is 9.20. The van der Waals surface area contributed by atoms with Gasteiger partial charge in [0.1, 0.15) is 5.56 Å². The van der Waals surface area contributed by atoms with Crippen LogP contribution >= 0.6 is 0 Å². The number of nitrogens with zero attached hydrogens (tertiary/aromatic N) is 2. The third-order valence-electron chi connectivity index (χ3n) is 6.77. The maximum atomic E-state index is 13.8. The summed E-state index contributed by atoms with van der Waals surface area (Å²) in [6.07, 6.45) is 3.71. The van der Waals surface area contributed by atoms with Crippen molar-refractivity contribution in [3.8, 4) is 5.69 Å². The van der Waals surface area contributed by atoms with E-state index in [0.29, 0.717) is 49.0 Å². The minimum absolute atomic E-state index is 0.0451. The lowest BCUT2D eigenvalue weighted by Gasteiger charge is -2.35. The van der Waals surface area contributed by atoms with Crippen LogP contribution in [-0.4, -0.2) is 46.8 Å². The second-order valence-electron chi connectivity index (χ2n) is 10.2. The molecule has 2 aliphatic rings. The maximum Gasteiger partial charge on any atom is 0.310 e. The van der Waals surface area contributed by atoms with Gasteiger partial charge in [0.2, 0.25) is 0 Å². The number of carbonyl (C=O) groups excluding carboxylic acids is 3. The minimum Gasteiger partial charge on any atom is -0.466 e. The number of hydrogen-bond acceptors (Lipinski definition) is 5. The molecule has 0 bridgehead atoms. The van der Waals surface area contributed by atoms with Gasteiger partial charge in [0.25, 0.3) is 11.5 Å². The van der Waals surface area contributed by atoms with Gasteiger partial charge >= 0.3 is 5.97 Å². The molecule has 0 saturated carbocycles. The fourth-order valence-corrected chi connectivity index (χ4v) is 5.03. The van der Waals surface area contributed by atoms with E-state index < -0.39 is 17.4 Å². The Morgan fingerprint density at radius 3 is 2.50 bits per heavy atom. The number of Topliss-reactive ketones (excluding diaryl/α,β-unsaturated/α-hetero) is 1. The Balaban J connectivity index is 1.83. The van der Waals surface area contributed by atoms with Gasteiger partial charge in [-0.25, -0.2) is 0 Å². The highest BCUT2D eigenvalue weighted by atomic mass is 16.5. The zero-order valence-electron chi connectivity index (χ0n) is 20.3. The van der Waals surface area contributed by atoms with Crippen LogP contribution in [0.15, 0.2) is 35.3 Å². The van der Waals surface area contributed by atoms with E-state index in [1.807, 2.05) is 45.0 Å². The molecular weight excluding hydrogens is 432 g/mol. The van der Waals surface area contributed by atoms with Crippen LogP contribution in [0.5, 0.6) is 0 Å². The highest BCUT2D eigenvalue weighted by molar-refractivity contribution is 6.04. The van der Waals surface area contributed by atoms with E-state index in [1.54, 1.807) is 18.0 Å². The minimum atomic E-state index is -0.434. The summed E-state index contributed by atoms with van der Waals surface area (Å²) in [6.45, 7) is 8.62. The molecule has 1 aliphatic heterocycles. The highest BCUT2D eigenvalue weighted by Crippen LogP contribution is 2.36. The number of carbonyl (C=O) groups is 3. The van der Waals surface area contributed by atoms with Crippen molar-refractivity contribution in [1.29, 1.82) is 0 Å². The zero-order chi connectivity index (χ0) is 24.6. The number of ketones is 1. The summed E-state index contributed by atoms with van der Waals surface area (Å²) in [5.74, 6) is -1.20. The summed E-state index contributed by atoms with van der Waals surface area (Å²) in [4.78, 5) is 54.6. The first-order chi connectivity index (χ1) is 16.1. The van der Waals surface area contributed by atoms with Crippen LogP contribution in [0.4, 0.5) is 0 Å². The van der Waals surface area contributed by atoms with E-state index >= 15 is 0 Å². The number of fused-ring (bicyclic) bond motifs is 1. The van der Waals surface area contributed by atoms with E-state index in [0.717, 1.165) is 5.56 Å². The van der Waals surface area contributed by atoms with Gasteiger partial charge in [-0.05, 0) is 56.2 Å². The molecule has 1 aliphatic carbocycles. The lowest BCUT2D eigenvalue weighted by atomic mass is 9.73. The van der Waals surface area contributed by atoms with Gasteiger partial charge in [-0.3, -0.25) is 23.7 Å². The molecule has 1 atom stereocenters. The first-order valence-electron chi connectivity index (χ1n) is 12.0. The Bertz CT molecular complexity index is 1190. The van der Waals surface area contributed by atoms with Gasteiger partial charge < -0.3 is 9.64 Å². The molecule has 1 aromatic heterocycles. The molecule has 0 spiro atoms. The van der Waals surface area contributed by atoms with E-state index in [4.69, 9.17) is 4.74 Å². The second-order valence-corrected chi connectivity index (χ2v) is 10.2. The number of ether oxygens (including phenoxy) is 1. The summed E-state index contributed by atoms with van der Waals surface area (Å²) >= 11 is 0. The maximum absolute atomic E-state index is 13.8. The standard InChI is InChI=1S/C27H32N2O5/c1-5-34-26(33)18-7-6-12-28(15-18)24(31)23-20-13-27(3,4)14-22(30)21(20)16-29(25(23)32)19-10-8-17(2)9-11-19/h8-11,16,18H,5-7,12-15H2,1-4H3/t18-/m0/s1. The van der Waals surface area contributed by atoms with Crippen molar-refractivity contribution in [1.82, 2.24) is 9.47 Å². The van der Waals surface area contributed by atoms with Crippen LogP contribution in [0.25, 0.3) is 5.69 Å². The first kappa shape index (κ1) is 23.9. The summed E-state index contributed by atoms with van der Waals surface area (Å²) < 4.78 is 6.58. The van der Waals surface area contributed by atoms with Crippen LogP contribution < -0.4 is 5.56 Å². The van der Waals surface area contributed by atoms with Crippen molar-refractivity contribution in [2.24, 2.45) is 11.3 Å². The van der Waals surface area contributed by atoms with Crippen molar-refractivity contribution in [3.63, 3.8) is 0 Å². The fourth-order valence-electron chi connectivity index (χ4n) is 5.03. The molecule has 0 N–H and O–H groups in total. The predicted octanol–water partition coefficient (Wildman–Crippen LogP) is 3.72. The Morgan fingerprint density at radius 1 is 1.12 bits per heavy atom. The number of aromatic nitrogens is 1. The Kier molecular flexibility index (Phi) is 6.47. The first-order valence-corrected chi connectivity index (χ1v) is 12.0. The van der Waals surface area contributed by atoms with E-state index in [9.17, 15) is 19.2 Å². The average Bonchev–Trinajstić information content (AvgIpc) is 2.79. The molecule has 1 amide bonds. The molecule has 7 nitrogen and oxygen atoms in total. The molecule has 1 saturated heterocycles. The molecule has 34 heavy (non-hydrogen) atoms. The van der Waals surface area contributed by atoms with Crippen LogP contribution in [-0.2, 0) is 16.0 Å². The fraction of sp³-hybridized carbons (Fsp3) is 0.481. The number of piperidine rings is 1. The van der Waals surface area contributed by atoms with Gasteiger partial charge in [0.15, 0.2) is 5.78 Å². The monoisotopic (exact) mass is 464 g/mol. The zero-order valence-corrected chi connectivity index (χ0v) is 20.3. The number of likely N-dealkylation sites (tertiary alicyclic amines) is 1. The molecule has 1 fully saturated rings. The molecule has 2 heterocycles. The van der Waals surface area contributed by atoms with Crippen molar-refractivity contribution in [3.05, 3.63) is 63.1 Å². The summed E-state index contributed by atoms with van der Waals surface area (Å²) in [6, 6.07) is 7.41. The van der Waals surface area contributed by atoms with Gasteiger partial charge in [0, 0.05) is 37.0 Å². The van der Waals surface area contributed by atoms with E-state index in [-0.39, 0.29) is 35.9 Å². The van der Waals surface area contributed by atoms with Gasteiger partial charge in [-0.2, -0.15) is 0 Å². The number of benzene rings is 1. The van der Waals surface area contributed by atoms with Crippen LogP contribution in [0, 0.1) is 18.3 Å². The molecule has 2 aromatic rings. The molecular formula is C27H32N2O5.